The Balaban J connectivity index is 1.28. The molecule has 2 fully saturated rings. The molecule has 1 N–H and O–H groups in total. The number of anilines is 1. The second kappa shape index (κ2) is 11.1. The number of β-lactam (4-membered cyclic amide) rings is 1. The van der Waals surface area contributed by atoms with Crippen molar-refractivity contribution in [2.45, 2.75) is 30.9 Å². The SMILES string of the molecule is CC1(C)COC(CS[C@H]2C(=O)N(c3ccc(F)cc3)[C@@H]2c2ccc(OCC(=O)O)cc2)(c2ccc3c(c2)OCO3)OC1. The second-order valence-corrected chi connectivity index (χ2v) is 12.3. The zero-order chi connectivity index (χ0) is 29.5. The molecule has 42 heavy (non-hydrogen) atoms. The first kappa shape index (κ1) is 28.3. The Labute approximate surface area is 246 Å². The molecule has 3 aromatic carbocycles. The highest BCUT2D eigenvalue weighted by Gasteiger charge is 2.52. The predicted octanol–water partition coefficient (Wildman–Crippen LogP) is 5.13. The Morgan fingerprint density at radius 1 is 1.02 bits per heavy atom. The molecule has 11 heteroatoms. The number of hydrogen-bond acceptors (Lipinski definition) is 8. The van der Waals surface area contributed by atoms with Crippen LogP contribution >= 0.6 is 11.8 Å². The fourth-order valence-electron chi connectivity index (χ4n) is 5.12. The lowest BCUT2D eigenvalue weighted by Crippen LogP contribution is -2.58. The molecule has 0 unspecified atom stereocenters. The van der Waals surface area contributed by atoms with Crippen molar-refractivity contribution in [3.63, 3.8) is 0 Å². The van der Waals surface area contributed by atoms with Crippen LogP contribution in [-0.4, -0.2) is 54.6 Å². The van der Waals surface area contributed by atoms with Gasteiger partial charge < -0.3 is 33.7 Å². The molecule has 2 saturated heterocycles. The van der Waals surface area contributed by atoms with Crippen molar-refractivity contribution in [3.8, 4) is 17.2 Å². The number of thioether (sulfide) groups is 1. The number of aliphatic carboxylic acids is 1. The summed E-state index contributed by atoms with van der Waals surface area (Å²) in [6.07, 6.45) is 0. The first-order chi connectivity index (χ1) is 20.1. The topological polar surface area (TPSA) is 104 Å². The van der Waals surface area contributed by atoms with Crippen LogP contribution in [0.1, 0.15) is 31.0 Å². The van der Waals surface area contributed by atoms with Gasteiger partial charge in [-0.05, 0) is 60.2 Å². The number of carboxylic acids is 1. The van der Waals surface area contributed by atoms with Crippen molar-refractivity contribution in [2.24, 2.45) is 5.41 Å². The highest BCUT2D eigenvalue weighted by molar-refractivity contribution is 8.00. The van der Waals surface area contributed by atoms with Gasteiger partial charge in [-0.15, -0.1) is 11.8 Å². The number of hydrogen-bond donors (Lipinski definition) is 1. The van der Waals surface area contributed by atoms with Gasteiger partial charge in [0.15, 0.2) is 18.1 Å². The molecule has 1 amide bonds. The number of amides is 1. The van der Waals surface area contributed by atoms with Crippen molar-refractivity contribution in [3.05, 3.63) is 83.7 Å². The Bertz CT molecular complexity index is 1470. The molecular formula is C31H30FNO8S. The number of carbonyl (C=O) groups excluding carboxylic acids is 1. The van der Waals surface area contributed by atoms with Crippen molar-refractivity contribution < 1.29 is 42.8 Å². The van der Waals surface area contributed by atoms with E-state index in [0.29, 0.717) is 41.9 Å². The van der Waals surface area contributed by atoms with E-state index in [0.717, 1.165) is 11.1 Å². The number of ether oxygens (including phenoxy) is 5. The van der Waals surface area contributed by atoms with Gasteiger partial charge in [0.05, 0.1) is 25.0 Å². The molecule has 0 bridgehead atoms. The summed E-state index contributed by atoms with van der Waals surface area (Å²) >= 11 is 1.43. The maximum Gasteiger partial charge on any atom is 0.341 e. The van der Waals surface area contributed by atoms with Crippen LogP contribution in [0.4, 0.5) is 10.1 Å². The van der Waals surface area contributed by atoms with Gasteiger partial charge in [0.2, 0.25) is 18.5 Å². The van der Waals surface area contributed by atoms with E-state index in [-0.39, 0.29) is 24.2 Å². The number of rotatable bonds is 9. The van der Waals surface area contributed by atoms with Gasteiger partial charge in [-0.3, -0.25) is 4.79 Å². The fraction of sp³-hybridized carbons (Fsp3) is 0.355. The summed E-state index contributed by atoms with van der Waals surface area (Å²) in [5, 5.41) is 8.43. The summed E-state index contributed by atoms with van der Waals surface area (Å²) < 4.78 is 43.0. The molecule has 2 atom stereocenters. The number of carboxylic acid groups (broad SMARTS) is 1. The summed E-state index contributed by atoms with van der Waals surface area (Å²) in [6.45, 7) is 4.75. The van der Waals surface area contributed by atoms with E-state index in [4.69, 9.17) is 28.8 Å². The van der Waals surface area contributed by atoms with Crippen molar-refractivity contribution in [1.82, 2.24) is 0 Å². The van der Waals surface area contributed by atoms with Crippen LogP contribution in [-0.2, 0) is 24.8 Å². The second-order valence-electron chi connectivity index (χ2n) is 11.2. The third kappa shape index (κ3) is 5.51. The van der Waals surface area contributed by atoms with Gasteiger partial charge >= 0.3 is 5.97 Å². The van der Waals surface area contributed by atoms with E-state index in [1.165, 1.54) is 23.9 Å². The number of halogens is 1. The Morgan fingerprint density at radius 2 is 1.71 bits per heavy atom. The lowest BCUT2D eigenvalue weighted by molar-refractivity contribution is -0.295. The van der Waals surface area contributed by atoms with Crippen LogP contribution in [0.15, 0.2) is 66.7 Å². The number of nitrogens with zero attached hydrogens (tertiary/aromatic N) is 1. The molecule has 6 rings (SSSR count). The zero-order valence-corrected chi connectivity index (χ0v) is 23.9. The number of carbonyl (C=O) groups is 2. The summed E-state index contributed by atoms with van der Waals surface area (Å²) in [5.41, 5.74) is 1.99. The van der Waals surface area contributed by atoms with E-state index in [9.17, 15) is 14.0 Å². The monoisotopic (exact) mass is 595 g/mol. The summed E-state index contributed by atoms with van der Waals surface area (Å²) in [5.74, 6) is -0.720. The average molecular weight is 596 g/mol. The predicted molar refractivity (Wildman–Crippen MR) is 152 cm³/mol. The molecule has 3 aliphatic rings. The standard InChI is InChI=1S/C31H30FNO8S/c1-30(2)15-40-31(41-16-30,20-5-12-24-25(13-20)39-18-38-24)17-42-28-27(19-3-10-23(11-4-19)37-14-26(34)35)33(29(28)36)22-8-6-21(32)7-9-22/h3-13,27-28H,14-18H2,1-2H3,(H,34,35)/t27-,28-/m1/s1. The van der Waals surface area contributed by atoms with Gasteiger partial charge in [-0.1, -0.05) is 26.0 Å². The highest BCUT2D eigenvalue weighted by Crippen LogP contribution is 2.49. The summed E-state index contributed by atoms with van der Waals surface area (Å²) in [6, 6.07) is 18.0. The van der Waals surface area contributed by atoms with Crippen LogP contribution in [0.5, 0.6) is 17.2 Å². The summed E-state index contributed by atoms with van der Waals surface area (Å²) in [7, 11) is 0. The normalized spacial score (nSPS) is 22.0. The molecule has 0 radical (unpaired) electrons. The minimum atomic E-state index is -1.11. The van der Waals surface area contributed by atoms with E-state index in [2.05, 4.69) is 13.8 Å². The van der Waals surface area contributed by atoms with E-state index < -0.39 is 29.4 Å². The van der Waals surface area contributed by atoms with Crippen LogP contribution < -0.4 is 19.1 Å². The molecule has 9 nitrogen and oxygen atoms in total. The zero-order valence-electron chi connectivity index (χ0n) is 23.1. The Kier molecular flexibility index (Phi) is 7.50. The van der Waals surface area contributed by atoms with Crippen molar-refractivity contribution >= 4 is 29.3 Å². The lowest BCUT2D eigenvalue weighted by atomic mass is 9.92. The molecule has 0 saturated carbocycles. The first-order valence-electron chi connectivity index (χ1n) is 13.5. The summed E-state index contributed by atoms with van der Waals surface area (Å²) in [4.78, 5) is 26.2. The Morgan fingerprint density at radius 3 is 2.40 bits per heavy atom. The van der Waals surface area contributed by atoms with Crippen LogP contribution in [0.3, 0.4) is 0 Å². The Hall–Kier alpha value is -3.80. The van der Waals surface area contributed by atoms with Crippen LogP contribution in [0, 0.1) is 11.2 Å². The average Bonchev–Trinajstić information content (AvgIpc) is 3.45. The van der Waals surface area contributed by atoms with Gasteiger partial charge in [0, 0.05) is 16.7 Å². The molecule has 3 heterocycles. The highest BCUT2D eigenvalue weighted by atomic mass is 32.2. The lowest BCUT2D eigenvalue weighted by Gasteiger charge is -2.49. The molecule has 3 aliphatic heterocycles. The molecule has 0 aliphatic carbocycles. The van der Waals surface area contributed by atoms with Crippen molar-refractivity contribution in [2.75, 3.05) is 37.3 Å². The van der Waals surface area contributed by atoms with Gasteiger partial charge in [-0.2, -0.15) is 0 Å². The van der Waals surface area contributed by atoms with Crippen LogP contribution in [0.25, 0.3) is 0 Å². The van der Waals surface area contributed by atoms with Gasteiger partial charge in [-0.25, -0.2) is 9.18 Å². The molecule has 0 spiro atoms. The number of benzene rings is 3. The van der Waals surface area contributed by atoms with E-state index in [1.54, 1.807) is 29.2 Å². The minimum Gasteiger partial charge on any atom is -0.482 e. The molecular weight excluding hydrogens is 565 g/mol. The smallest absolute Gasteiger partial charge is 0.341 e. The largest absolute Gasteiger partial charge is 0.482 e. The van der Waals surface area contributed by atoms with Crippen LogP contribution in [0.2, 0.25) is 0 Å². The third-order valence-electron chi connectivity index (χ3n) is 7.39. The number of fused-ring (bicyclic) bond motifs is 1. The third-order valence-corrected chi connectivity index (χ3v) is 8.76. The molecule has 0 aromatic heterocycles. The first-order valence-corrected chi connectivity index (χ1v) is 14.5. The minimum absolute atomic E-state index is 0.125. The maximum atomic E-state index is 13.7. The maximum absolute atomic E-state index is 13.7. The van der Waals surface area contributed by atoms with Gasteiger partial charge in [0.1, 0.15) is 16.8 Å². The van der Waals surface area contributed by atoms with E-state index in [1.807, 2.05) is 30.3 Å². The fourth-order valence-corrected chi connectivity index (χ4v) is 6.57. The molecule has 3 aromatic rings. The van der Waals surface area contributed by atoms with E-state index >= 15 is 0 Å². The molecule has 220 valence electrons. The van der Waals surface area contributed by atoms with Crippen molar-refractivity contribution in [1.29, 1.82) is 0 Å². The van der Waals surface area contributed by atoms with Gasteiger partial charge in [0.25, 0.3) is 0 Å². The quantitative estimate of drug-likeness (QED) is 0.337.